The van der Waals surface area contributed by atoms with Gasteiger partial charge in [0.15, 0.2) is 11.5 Å². The van der Waals surface area contributed by atoms with Gasteiger partial charge in [-0.05, 0) is 42.7 Å². The Hall–Kier alpha value is -3.83. The van der Waals surface area contributed by atoms with Crippen molar-refractivity contribution in [2.45, 2.75) is 19.4 Å². The molecule has 1 aliphatic rings. The fourth-order valence-corrected chi connectivity index (χ4v) is 4.80. The summed E-state index contributed by atoms with van der Waals surface area (Å²) in [5.74, 6) is -1.52. The largest absolute Gasteiger partial charge is 0.503 e. The standard InChI is InChI=1S/C28H23ClN2O3/c1-17-10-12-18(13-11-17)25-24(26(32)21-7-2-4-8-22(21)29)27(33)28(34)31(25)15-14-19-16-30-23-9-5-3-6-20(19)23/h2-13,16,25,30,33H,14-15H2,1H3. The van der Waals surface area contributed by atoms with Gasteiger partial charge >= 0.3 is 0 Å². The van der Waals surface area contributed by atoms with Crippen LogP contribution in [-0.4, -0.2) is 33.2 Å². The SMILES string of the molecule is Cc1ccc(C2C(C(=O)c3ccccc3Cl)=C(O)C(=O)N2CCc2c[nH]c3ccccc23)cc1. The van der Waals surface area contributed by atoms with Gasteiger partial charge < -0.3 is 15.0 Å². The number of benzene rings is 3. The van der Waals surface area contributed by atoms with Gasteiger partial charge in [0.1, 0.15) is 0 Å². The molecule has 1 unspecified atom stereocenters. The molecule has 1 aromatic heterocycles. The predicted octanol–water partition coefficient (Wildman–Crippen LogP) is 5.95. The number of aromatic nitrogens is 1. The molecule has 3 aromatic carbocycles. The number of ketones is 1. The zero-order valence-corrected chi connectivity index (χ0v) is 19.3. The first-order valence-corrected chi connectivity index (χ1v) is 11.5. The smallest absolute Gasteiger partial charge is 0.290 e. The van der Waals surface area contributed by atoms with Gasteiger partial charge in [0, 0.05) is 29.2 Å². The first kappa shape index (κ1) is 22.0. The van der Waals surface area contributed by atoms with Crippen molar-refractivity contribution in [3.05, 3.63) is 118 Å². The quantitative estimate of drug-likeness (QED) is 0.342. The summed E-state index contributed by atoms with van der Waals surface area (Å²) in [7, 11) is 0. The van der Waals surface area contributed by atoms with E-state index in [1.807, 2.05) is 61.7 Å². The second-order valence-electron chi connectivity index (χ2n) is 8.49. The van der Waals surface area contributed by atoms with Crippen molar-refractivity contribution in [3.8, 4) is 0 Å². The van der Waals surface area contributed by atoms with Crippen LogP contribution in [0.25, 0.3) is 10.9 Å². The van der Waals surface area contributed by atoms with Crippen LogP contribution < -0.4 is 0 Å². The Bertz CT molecular complexity index is 1440. The number of aromatic amines is 1. The number of para-hydroxylation sites is 1. The van der Waals surface area contributed by atoms with Crippen molar-refractivity contribution in [2.75, 3.05) is 6.54 Å². The predicted molar refractivity (Wildman–Crippen MR) is 133 cm³/mol. The molecule has 1 amide bonds. The van der Waals surface area contributed by atoms with E-state index in [9.17, 15) is 14.7 Å². The van der Waals surface area contributed by atoms with E-state index in [2.05, 4.69) is 4.98 Å². The normalized spacial score (nSPS) is 16.0. The number of aliphatic hydroxyl groups is 1. The van der Waals surface area contributed by atoms with Crippen LogP contribution in [0.5, 0.6) is 0 Å². The Morgan fingerprint density at radius 1 is 1.03 bits per heavy atom. The fourth-order valence-electron chi connectivity index (χ4n) is 4.58. The average molecular weight is 471 g/mol. The highest BCUT2D eigenvalue weighted by Gasteiger charge is 2.43. The molecule has 34 heavy (non-hydrogen) atoms. The van der Waals surface area contributed by atoms with E-state index in [0.717, 1.165) is 27.6 Å². The molecule has 0 aliphatic carbocycles. The molecule has 2 heterocycles. The van der Waals surface area contributed by atoms with Crippen LogP contribution in [-0.2, 0) is 11.2 Å². The van der Waals surface area contributed by atoms with E-state index >= 15 is 0 Å². The molecule has 170 valence electrons. The van der Waals surface area contributed by atoms with Gasteiger partial charge in [-0.3, -0.25) is 9.59 Å². The topological polar surface area (TPSA) is 73.4 Å². The summed E-state index contributed by atoms with van der Waals surface area (Å²) in [5, 5.41) is 12.3. The molecule has 1 aliphatic heterocycles. The molecule has 5 rings (SSSR count). The summed E-state index contributed by atoms with van der Waals surface area (Å²) in [6.07, 6.45) is 2.51. The molecular formula is C28H23ClN2O3. The van der Waals surface area contributed by atoms with Gasteiger partial charge in [0.2, 0.25) is 0 Å². The van der Waals surface area contributed by atoms with Crippen LogP contribution >= 0.6 is 11.6 Å². The van der Waals surface area contributed by atoms with Crippen LogP contribution in [0.15, 0.2) is 90.3 Å². The number of aryl methyl sites for hydroxylation is 1. The van der Waals surface area contributed by atoms with Crippen LogP contribution in [0.2, 0.25) is 5.02 Å². The van der Waals surface area contributed by atoms with E-state index in [-0.39, 0.29) is 16.2 Å². The number of carbonyl (C=O) groups excluding carboxylic acids is 2. The molecule has 6 heteroatoms. The zero-order valence-electron chi connectivity index (χ0n) is 18.6. The number of halogens is 1. The lowest BCUT2D eigenvalue weighted by Crippen LogP contribution is -2.33. The van der Waals surface area contributed by atoms with Crippen molar-refractivity contribution >= 4 is 34.2 Å². The Labute approximate surface area is 202 Å². The molecule has 4 aromatic rings. The number of hydrogen-bond donors (Lipinski definition) is 2. The Morgan fingerprint density at radius 3 is 2.50 bits per heavy atom. The highest BCUT2D eigenvalue weighted by Crippen LogP contribution is 2.40. The lowest BCUT2D eigenvalue weighted by atomic mass is 9.92. The van der Waals surface area contributed by atoms with Gasteiger partial charge in [0.25, 0.3) is 5.91 Å². The van der Waals surface area contributed by atoms with Crippen molar-refractivity contribution in [2.24, 2.45) is 0 Å². The molecule has 1 atom stereocenters. The third kappa shape index (κ3) is 3.78. The lowest BCUT2D eigenvalue weighted by molar-refractivity contribution is -0.129. The zero-order chi connectivity index (χ0) is 23.8. The molecule has 0 spiro atoms. The number of Topliss-reactive ketones (excluding diaryl/α,β-unsaturated/α-hetero) is 1. The van der Waals surface area contributed by atoms with Gasteiger partial charge in [-0.1, -0.05) is 71.8 Å². The maximum absolute atomic E-state index is 13.5. The molecular weight excluding hydrogens is 448 g/mol. The summed E-state index contributed by atoms with van der Waals surface area (Å²) >= 11 is 6.29. The highest BCUT2D eigenvalue weighted by atomic mass is 35.5. The Kier molecular flexibility index (Phi) is 5.72. The summed E-state index contributed by atoms with van der Waals surface area (Å²) < 4.78 is 0. The van der Waals surface area contributed by atoms with Crippen molar-refractivity contribution in [1.82, 2.24) is 9.88 Å². The summed E-state index contributed by atoms with van der Waals surface area (Å²) in [4.78, 5) is 31.6. The van der Waals surface area contributed by atoms with Crippen LogP contribution in [0.1, 0.15) is 33.1 Å². The molecule has 0 bridgehead atoms. The number of H-pyrrole nitrogens is 1. The summed E-state index contributed by atoms with van der Waals surface area (Å²) in [6.45, 7) is 2.31. The van der Waals surface area contributed by atoms with E-state index in [1.54, 1.807) is 29.2 Å². The van der Waals surface area contributed by atoms with Crippen molar-refractivity contribution in [1.29, 1.82) is 0 Å². The fraction of sp³-hybridized carbons (Fsp3) is 0.143. The van der Waals surface area contributed by atoms with Gasteiger partial charge in [-0.25, -0.2) is 0 Å². The molecule has 2 N–H and O–H groups in total. The molecule has 5 nitrogen and oxygen atoms in total. The average Bonchev–Trinajstić information content (AvgIpc) is 3.37. The first-order chi connectivity index (χ1) is 16.5. The Balaban J connectivity index is 1.53. The second-order valence-corrected chi connectivity index (χ2v) is 8.90. The third-order valence-corrected chi connectivity index (χ3v) is 6.69. The van der Waals surface area contributed by atoms with E-state index in [1.165, 1.54) is 0 Å². The van der Waals surface area contributed by atoms with E-state index in [4.69, 9.17) is 11.6 Å². The number of nitrogens with one attached hydrogen (secondary N) is 1. The first-order valence-electron chi connectivity index (χ1n) is 11.1. The van der Waals surface area contributed by atoms with E-state index in [0.29, 0.717) is 13.0 Å². The number of aliphatic hydroxyl groups excluding tert-OH is 1. The third-order valence-electron chi connectivity index (χ3n) is 6.36. The summed E-state index contributed by atoms with van der Waals surface area (Å²) in [6, 6.07) is 21.6. The van der Waals surface area contributed by atoms with Crippen molar-refractivity contribution in [3.63, 3.8) is 0 Å². The minimum absolute atomic E-state index is 0.0564. The van der Waals surface area contributed by atoms with Crippen LogP contribution in [0.4, 0.5) is 0 Å². The Morgan fingerprint density at radius 2 is 1.74 bits per heavy atom. The second kappa shape index (κ2) is 8.84. The number of amides is 1. The van der Waals surface area contributed by atoms with Gasteiger partial charge in [0.05, 0.1) is 16.6 Å². The number of carbonyl (C=O) groups is 2. The lowest BCUT2D eigenvalue weighted by Gasteiger charge is -2.27. The summed E-state index contributed by atoms with van der Waals surface area (Å²) in [5.41, 5.74) is 4.23. The van der Waals surface area contributed by atoms with Gasteiger partial charge in [-0.15, -0.1) is 0 Å². The number of fused-ring (bicyclic) bond motifs is 1. The molecule has 0 fully saturated rings. The highest BCUT2D eigenvalue weighted by molar-refractivity contribution is 6.35. The van der Waals surface area contributed by atoms with Crippen LogP contribution in [0.3, 0.4) is 0 Å². The van der Waals surface area contributed by atoms with E-state index < -0.39 is 23.5 Å². The molecule has 0 radical (unpaired) electrons. The number of rotatable bonds is 6. The maximum Gasteiger partial charge on any atom is 0.290 e. The monoisotopic (exact) mass is 470 g/mol. The number of hydrogen-bond acceptors (Lipinski definition) is 3. The minimum atomic E-state index is -0.706. The minimum Gasteiger partial charge on any atom is -0.503 e. The van der Waals surface area contributed by atoms with Gasteiger partial charge in [-0.2, -0.15) is 0 Å². The number of nitrogens with zero attached hydrogens (tertiary/aromatic N) is 1. The maximum atomic E-state index is 13.5. The molecule has 0 saturated heterocycles. The molecule has 0 saturated carbocycles. The van der Waals surface area contributed by atoms with Crippen LogP contribution in [0, 0.1) is 6.92 Å². The van der Waals surface area contributed by atoms with Crippen molar-refractivity contribution < 1.29 is 14.7 Å².